The molecule has 33 heavy (non-hydrogen) atoms. The van der Waals surface area contributed by atoms with E-state index in [1.807, 2.05) is 24.3 Å². The van der Waals surface area contributed by atoms with E-state index >= 15 is 0 Å². The number of hydrogen-bond donors (Lipinski definition) is 1. The van der Waals surface area contributed by atoms with Crippen LogP contribution in [0.1, 0.15) is 48.3 Å². The average Bonchev–Trinajstić information content (AvgIpc) is 3.34. The van der Waals surface area contributed by atoms with E-state index in [4.69, 9.17) is 20.9 Å². The van der Waals surface area contributed by atoms with Crippen molar-refractivity contribution in [3.8, 4) is 5.75 Å². The van der Waals surface area contributed by atoms with E-state index in [2.05, 4.69) is 19.0 Å². The molecular weight excluding hydrogens is 444 g/mol. The number of amides is 1. The number of ketones is 1. The first-order chi connectivity index (χ1) is 15.7. The number of aromatic nitrogens is 1. The minimum Gasteiger partial charge on any atom is -0.507 e. The second-order valence-electron chi connectivity index (χ2n) is 8.14. The van der Waals surface area contributed by atoms with Crippen molar-refractivity contribution in [3.05, 3.63) is 81.6 Å². The molecule has 7 nitrogen and oxygen atoms in total. The summed E-state index contributed by atoms with van der Waals surface area (Å²) in [5.74, 6) is -0.543. The molecule has 0 aliphatic carbocycles. The van der Waals surface area contributed by atoms with Crippen LogP contribution in [-0.4, -0.2) is 29.1 Å². The number of Topliss-reactive ketones (excluding diaryl/α,β-unsaturated/α-hetero) is 1. The number of hydrogen-bond acceptors (Lipinski definition) is 6. The highest BCUT2D eigenvalue weighted by atomic mass is 35.5. The molecule has 0 saturated carbocycles. The van der Waals surface area contributed by atoms with Gasteiger partial charge in [0.2, 0.25) is 0 Å². The van der Waals surface area contributed by atoms with Crippen molar-refractivity contribution in [2.75, 3.05) is 12.0 Å². The number of carbonyl (C=O) groups excluding carboxylic acids is 2. The lowest BCUT2D eigenvalue weighted by atomic mass is 9.93. The molecule has 0 bridgehead atoms. The zero-order valence-electron chi connectivity index (χ0n) is 18.6. The van der Waals surface area contributed by atoms with E-state index < -0.39 is 17.7 Å². The fourth-order valence-corrected chi connectivity index (χ4v) is 4.14. The van der Waals surface area contributed by atoms with Crippen LogP contribution in [0.4, 0.5) is 5.82 Å². The molecule has 3 aromatic rings. The summed E-state index contributed by atoms with van der Waals surface area (Å²) in [6, 6.07) is 12.9. The molecule has 2 aromatic carbocycles. The Hall–Kier alpha value is -3.58. The van der Waals surface area contributed by atoms with Crippen LogP contribution in [0.3, 0.4) is 0 Å². The number of aliphatic hydroxyl groups excluding tert-OH is 1. The van der Waals surface area contributed by atoms with Gasteiger partial charge in [0, 0.05) is 11.6 Å². The number of aliphatic hydroxyl groups is 1. The summed E-state index contributed by atoms with van der Waals surface area (Å²) in [6.45, 7) is 5.85. The van der Waals surface area contributed by atoms with Crippen molar-refractivity contribution in [3.63, 3.8) is 0 Å². The Balaban J connectivity index is 1.91. The van der Waals surface area contributed by atoms with E-state index in [9.17, 15) is 14.7 Å². The summed E-state index contributed by atoms with van der Waals surface area (Å²) in [5, 5.41) is 15.4. The van der Waals surface area contributed by atoms with Gasteiger partial charge in [0.05, 0.1) is 23.7 Å². The number of nitrogens with zero attached hydrogens (tertiary/aromatic N) is 2. The molecule has 8 heteroatoms. The predicted molar refractivity (Wildman–Crippen MR) is 125 cm³/mol. The van der Waals surface area contributed by atoms with Crippen LogP contribution in [0.15, 0.2) is 58.6 Å². The highest BCUT2D eigenvalue weighted by Crippen LogP contribution is 2.42. The first-order valence-corrected chi connectivity index (χ1v) is 10.8. The van der Waals surface area contributed by atoms with Gasteiger partial charge in [-0.25, -0.2) is 0 Å². The first-order valence-electron chi connectivity index (χ1n) is 10.4. The van der Waals surface area contributed by atoms with Crippen LogP contribution >= 0.6 is 11.6 Å². The topological polar surface area (TPSA) is 92.9 Å². The number of ether oxygens (including phenoxy) is 1. The quantitative estimate of drug-likeness (QED) is 0.307. The van der Waals surface area contributed by atoms with E-state index in [0.29, 0.717) is 28.6 Å². The Labute approximate surface area is 196 Å². The molecule has 1 N–H and O–H groups in total. The van der Waals surface area contributed by atoms with Crippen molar-refractivity contribution in [2.24, 2.45) is 0 Å². The fraction of sp³-hybridized carbons (Fsp3) is 0.240. The fourth-order valence-electron chi connectivity index (χ4n) is 3.88. The summed E-state index contributed by atoms with van der Waals surface area (Å²) in [6.07, 6.45) is 0. The molecule has 1 saturated heterocycles. The maximum atomic E-state index is 13.2. The van der Waals surface area contributed by atoms with Gasteiger partial charge in [-0.05, 0) is 42.2 Å². The number of methoxy groups -OCH3 is 1. The van der Waals surface area contributed by atoms with E-state index in [-0.39, 0.29) is 22.2 Å². The van der Waals surface area contributed by atoms with Crippen LogP contribution in [0.2, 0.25) is 5.02 Å². The maximum absolute atomic E-state index is 13.2. The van der Waals surface area contributed by atoms with Gasteiger partial charge in [-0.1, -0.05) is 54.9 Å². The van der Waals surface area contributed by atoms with Gasteiger partial charge in [-0.15, -0.1) is 0 Å². The highest BCUT2D eigenvalue weighted by molar-refractivity contribution is 6.51. The normalized spacial score (nSPS) is 17.8. The number of rotatable bonds is 5. The first kappa shape index (κ1) is 22.6. The lowest BCUT2D eigenvalue weighted by Gasteiger charge is -2.23. The molecule has 1 atom stereocenters. The van der Waals surface area contributed by atoms with Crippen molar-refractivity contribution >= 4 is 34.9 Å². The molecule has 1 aliphatic rings. The van der Waals surface area contributed by atoms with Crippen molar-refractivity contribution in [2.45, 2.75) is 32.7 Å². The minimum atomic E-state index is -0.892. The van der Waals surface area contributed by atoms with Crippen LogP contribution in [0, 0.1) is 6.92 Å². The second kappa shape index (κ2) is 8.75. The molecule has 2 heterocycles. The van der Waals surface area contributed by atoms with E-state index in [1.165, 1.54) is 18.1 Å². The van der Waals surface area contributed by atoms with Gasteiger partial charge >= 0.3 is 5.91 Å². The molecule has 0 spiro atoms. The van der Waals surface area contributed by atoms with Crippen molar-refractivity contribution in [1.82, 2.24) is 5.16 Å². The molecule has 1 aliphatic heterocycles. The number of benzene rings is 2. The molecule has 0 radical (unpaired) electrons. The Morgan fingerprint density at radius 1 is 1.15 bits per heavy atom. The summed E-state index contributed by atoms with van der Waals surface area (Å²) < 4.78 is 10.3. The van der Waals surface area contributed by atoms with Gasteiger partial charge in [0.1, 0.15) is 17.3 Å². The smallest absolute Gasteiger partial charge is 0.301 e. The summed E-state index contributed by atoms with van der Waals surface area (Å²) in [5.41, 5.74) is 1.99. The lowest BCUT2D eigenvalue weighted by Crippen LogP contribution is -2.29. The van der Waals surface area contributed by atoms with Gasteiger partial charge in [-0.3, -0.25) is 14.5 Å². The minimum absolute atomic E-state index is 0.0563. The standard InChI is InChI=1S/C25H23ClN2O5/c1-13(2)15-5-7-16(8-6-15)22-21(23(29)17-9-10-19(32-4)18(26)12-17)24(30)25(31)28(22)20-11-14(3)33-27-20/h5-13,22,29H,1-4H3/b23-21+/t22-/m0/s1. The third kappa shape index (κ3) is 4.00. The summed E-state index contributed by atoms with van der Waals surface area (Å²) in [7, 11) is 1.48. The molecule has 1 aromatic heterocycles. The Kier molecular flexibility index (Phi) is 5.99. The predicted octanol–water partition coefficient (Wildman–Crippen LogP) is 5.39. The maximum Gasteiger partial charge on any atom is 0.301 e. The Morgan fingerprint density at radius 2 is 1.85 bits per heavy atom. The van der Waals surface area contributed by atoms with Gasteiger partial charge in [0.25, 0.3) is 5.78 Å². The zero-order valence-corrected chi connectivity index (χ0v) is 19.4. The van der Waals surface area contributed by atoms with Crippen LogP contribution < -0.4 is 9.64 Å². The average molecular weight is 467 g/mol. The van der Waals surface area contributed by atoms with Gasteiger partial charge in [0.15, 0.2) is 5.82 Å². The second-order valence-corrected chi connectivity index (χ2v) is 8.54. The van der Waals surface area contributed by atoms with Crippen molar-refractivity contribution < 1.29 is 24.0 Å². The molecule has 4 rings (SSSR count). The largest absolute Gasteiger partial charge is 0.507 e. The number of aryl methyl sites for hydroxylation is 1. The SMILES string of the molecule is COc1ccc(/C(O)=C2\C(=O)C(=O)N(c3cc(C)on3)[C@H]2c2ccc(C(C)C)cc2)cc1Cl. The highest BCUT2D eigenvalue weighted by Gasteiger charge is 2.48. The molecule has 1 fully saturated rings. The monoisotopic (exact) mass is 466 g/mol. The molecule has 170 valence electrons. The Bertz CT molecular complexity index is 1260. The zero-order chi connectivity index (χ0) is 23.9. The third-order valence-corrected chi connectivity index (χ3v) is 5.95. The van der Waals surface area contributed by atoms with Crippen LogP contribution in [-0.2, 0) is 9.59 Å². The van der Waals surface area contributed by atoms with Gasteiger partial charge < -0.3 is 14.4 Å². The van der Waals surface area contributed by atoms with Crippen molar-refractivity contribution in [1.29, 1.82) is 0 Å². The molecule has 0 unspecified atom stereocenters. The number of anilines is 1. The van der Waals surface area contributed by atoms with Crippen LogP contribution in [0.25, 0.3) is 5.76 Å². The lowest BCUT2D eigenvalue weighted by molar-refractivity contribution is -0.132. The molecule has 1 amide bonds. The number of halogens is 1. The van der Waals surface area contributed by atoms with E-state index in [0.717, 1.165) is 5.56 Å². The van der Waals surface area contributed by atoms with Gasteiger partial charge in [-0.2, -0.15) is 0 Å². The Morgan fingerprint density at radius 3 is 2.39 bits per heavy atom. The van der Waals surface area contributed by atoms with E-state index in [1.54, 1.807) is 25.1 Å². The molecular formula is C25H23ClN2O5. The summed E-state index contributed by atoms with van der Waals surface area (Å²) >= 11 is 6.23. The number of carbonyl (C=O) groups is 2. The third-order valence-electron chi connectivity index (χ3n) is 5.65. The summed E-state index contributed by atoms with van der Waals surface area (Å²) in [4.78, 5) is 27.5. The van der Waals surface area contributed by atoms with Crippen LogP contribution in [0.5, 0.6) is 5.75 Å².